The van der Waals surface area contributed by atoms with Crippen molar-refractivity contribution in [3.05, 3.63) is 65.7 Å². The second kappa shape index (κ2) is 10.5. The quantitative estimate of drug-likeness (QED) is 0.475. The molecule has 1 aliphatic heterocycles. The molecule has 1 fully saturated rings. The van der Waals surface area contributed by atoms with Crippen molar-refractivity contribution in [2.24, 2.45) is 10.9 Å². The number of carbonyl (C=O) groups is 1. The Balaban J connectivity index is 1.47. The maximum atomic E-state index is 12.3. The SMILES string of the molecule is CCNC(=NCc1ccc(O)cc1)NCC1CC(=O)N(CCc2ccccc2)C1. The lowest BCUT2D eigenvalue weighted by atomic mass is 10.1. The van der Waals surface area contributed by atoms with Crippen LogP contribution in [-0.4, -0.2) is 48.1 Å². The van der Waals surface area contributed by atoms with Crippen molar-refractivity contribution in [3.8, 4) is 5.75 Å². The van der Waals surface area contributed by atoms with Gasteiger partial charge in [-0.3, -0.25) is 4.79 Å². The Morgan fingerprint density at radius 3 is 2.59 bits per heavy atom. The number of carbonyl (C=O) groups excluding carboxylic acids is 1. The number of nitrogens with one attached hydrogen (secondary N) is 2. The Labute approximate surface area is 172 Å². The first kappa shape index (κ1) is 20.7. The van der Waals surface area contributed by atoms with Crippen molar-refractivity contribution in [3.63, 3.8) is 0 Å². The molecule has 0 spiro atoms. The van der Waals surface area contributed by atoms with Gasteiger partial charge in [-0.1, -0.05) is 42.5 Å². The van der Waals surface area contributed by atoms with Gasteiger partial charge >= 0.3 is 0 Å². The zero-order chi connectivity index (χ0) is 20.5. The summed E-state index contributed by atoms with van der Waals surface area (Å²) >= 11 is 0. The van der Waals surface area contributed by atoms with Crippen LogP contribution >= 0.6 is 0 Å². The number of likely N-dealkylation sites (tertiary alicyclic amines) is 1. The fourth-order valence-corrected chi connectivity index (χ4v) is 3.47. The smallest absolute Gasteiger partial charge is 0.223 e. The molecule has 1 unspecified atom stereocenters. The number of amides is 1. The molecule has 2 aromatic carbocycles. The van der Waals surface area contributed by atoms with Gasteiger partial charge in [-0.15, -0.1) is 0 Å². The van der Waals surface area contributed by atoms with Gasteiger partial charge in [-0.25, -0.2) is 4.99 Å². The van der Waals surface area contributed by atoms with Gasteiger partial charge in [0.1, 0.15) is 5.75 Å². The van der Waals surface area contributed by atoms with E-state index >= 15 is 0 Å². The van der Waals surface area contributed by atoms with Gasteiger partial charge in [-0.05, 0) is 36.6 Å². The van der Waals surface area contributed by atoms with E-state index in [2.05, 4.69) is 27.8 Å². The number of benzene rings is 2. The molecule has 1 heterocycles. The van der Waals surface area contributed by atoms with Crippen LogP contribution in [0.2, 0.25) is 0 Å². The van der Waals surface area contributed by atoms with E-state index in [0.29, 0.717) is 13.0 Å². The maximum Gasteiger partial charge on any atom is 0.223 e. The van der Waals surface area contributed by atoms with E-state index in [-0.39, 0.29) is 17.6 Å². The first-order valence-corrected chi connectivity index (χ1v) is 10.3. The summed E-state index contributed by atoms with van der Waals surface area (Å²) in [5, 5.41) is 16.0. The number of guanidine groups is 1. The molecule has 0 aromatic heterocycles. The summed E-state index contributed by atoms with van der Waals surface area (Å²) in [7, 11) is 0. The number of hydrogen-bond donors (Lipinski definition) is 3. The van der Waals surface area contributed by atoms with Crippen LogP contribution in [0.5, 0.6) is 5.75 Å². The summed E-state index contributed by atoms with van der Waals surface area (Å²) in [6.07, 6.45) is 1.47. The standard InChI is InChI=1S/C23H30N4O2/c1-2-24-23(25-15-19-8-10-21(28)11-9-19)26-16-20-14-22(29)27(17-20)13-12-18-6-4-3-5-7-18/h3-11,20,28H,2,12-17H2,1H3,(H2,24,25,26). The number of hydrogen-bond acceptors (Lipinski definition) is 3. The van der Waals surface area contributed by atoms with Crippen molar-refractivity contribution in [2.75, 3.05) is 26.2 Å². The fraction of sp³-hybridized carbons (Fsp3) is 0.391. The molecule has 6 heteroatoms. The summed E-state index contributed by atoms with van der Waals surface area (Å²) in [4.78, 5) is 18.9. The minimum absolute atomic E-state index is 0.235. The molecule has 1 atom stereocenters. The van der Waals surface area contributed by atoms with Crippen molar-refractivity contribution in [2.45, 2.75) is 26.3 Å². The Kier molecular flexibility index (Phi) is 7.50. The first-order chi connectivity index (χ1) is 14.1. The molecular formula is C23H30N4O2. The highest BCUT2D eigenvalue weighted by atomic mass is 16.3. The third-order valence-corrected chi connectivity index (χ3v) is 5.07. The van der Waals surface area contributed by atoms with E-state index in [1.165, 1.54) is 5.56 Å². The third-order valence-electron chi connectivity index (χ3n) is 5.07. The highest BCUT2D eigenvalue weighted by Crippen LogP contribution is 2.17. The molecule has 0 saturated carbocycles. The van der Waals surface area contributed by atoms with E-state index < -0.39 is 0 Å². The highest BCUT2D eigenvalue weighted by molar-refractivity contribution is 5.81. The molecule has 154 valence electrons. The van der Waals surface area contributed by atoms with Crippen LogP contribution in [0.1, 0.15) is 24.5 Å². The molecule has 0 aliphatic carbocycles. The number of phenolic OH excluding ortho intramolecular Hbond substituents is 1. The summed E-state index contributed by atoms with van der Waals surface area (Å²) in [6.45, 7) is 5.61. The van der Waals surface area contributed by atoms with Crippen LogP contribution < -0.4 is 10.6 Å². The number of rotatable bonds is 8. The van der Waals surface area contributed by atoms with Crippen LogP contribution in [0.25, 0.3) is 0 Å². The average molecular weight is 395 g/mol. The van der Waals surface area contributed by atoms with Crippen LogP contribution in [0.4, 0.5) is 0 Å². The zero-order valence-corrected chi connectivity index (χ0v) is 17.0. The van der Waals surface area contributed by atoms with Gasteiger partial charge in [0.15, 0.2) is 5.96 Å². The van der Waals surface area contributed by atoms with E-state index in [9.17, 15) is 9.90 Å². The third kappa shape index (κ3) is 6.52. The molecule has 1 saturated heterocycles. The van der Waals surface area contributed by atoms with Crippen LogP contribution in [0, 0.1) is 5.92 Å². The number of aromatic hydroxyl groups is 1. The molecule has 2 aromatic rings. The molecule has 1 aliphatic rings. The molecule has 6 nitrogen and oxygen atoms in total. The lowest BCUT2D eigenvalue weighted by molar-refractivity contribution is -0.127. The van der Waals surface area contributed by atoms with Gasteiger partial charge < -0.3 is 20.6 Å². The topological polar surface area (TPSA) is 77.0 Å². The summed E-state index contributed by atoms with van der Waals surface area (Å²) < 4.78 is 0. The van der Waals surface area contributed by atoms with Gasteiger partial charge in [0.2, 0.25) is 5.91 Å². The van der Waals surface area contributed by atoms with Crippen molar-refractivity contribution >= 4 is 11.9 Å². The minimum atomic E-state index is 0.235. The molecule has 1 amide bonds. The Hall–Kier alpha value is -3.02. The number of phenols is 1. The molecule has 0 bridgehead atoms. The molecule has 3 N–H and O–H groups in total. The van der Waals surface area contributed by atoms with E-state index in [0.717, 1.165) is 44.1 Å². The summed E-state index contributed by atoms with van der Waals surface area (Å²) in [5.74, 6) is 1.52. The predicted molar refractivity (Wildman–Crippen MR) is 116 cm³/mol. The average Bonchev–Trinajstić information content (AvgIpc) is 3.10. The second-order valence-electron chi connectivity index (χ2n) is 7.39. The van der Waals surface area contributed by atoms with Gasteiger partial charge in [0, 0.05) is 38.5 Å². The van der Waals surface area contributed by atoms with E-state index in [1.807, 2.05) is 42.2 Å². The van der Waals surface area contributed by atoms with Gasteiger partial charge in [0.05, 0.1) is 6.54 Å². The lowest BCUT2D eigenvalue weighted by Gasteiger charge is -2.18. The lowest BCUT2D eigenvalue weighted by Crippen LogP contribution is -2.40. The molecule has 3 rings (SSSR count). The van der Waals surface area contributed by atoms with Crippen molar-refractivity contribution in [1.29, 1.82) is 0 Å². The molecular weight excluding hydrogens is 364 g/mol. The Bertz CT molecular complexity index is 805. The van der Waals surface area contributed by atoms with Crippen LogP contribution in [0.15, 0.2) is 59.6 Å². The van der Waals surface area contributed by atoms with Crippen LogP contribution in [0.3, 0.4) is 0 Å². The summed E-state index contributed by atoms with van der Waals surface area (Å²) in [5.41, 5.74) is 2.29. The Morgan fingerprint density at radius 1 is 1.10 bits per heavy atom. The fourth-order valence-electron chi connectivity index (χ4n) is 3.47. The normalized spacial score (nSPS) is 16.9. The predicted octanol–water partition coefficient (Wildman–Crippen LogP) is 2.54. The largest absolute Gasteiger partial charge is 0.508 e. The van der Waals surface area contributed by atoms with Gasteiger partial charge in [0.25, 0.3) is 0 Å². The van der Waals surface area contributed by atoms with Crippen molar-refractivity contribution in [1.82, 2.24) is 15.5 Å². The molecule has 0 radical (unpaired) electrons. The Morgan fingerprint density at radius 2 is 1.86 bits per heavy atom. The zero-order valence-electron chi connectivity index (χ0n) is 17.0. The first-order valence-electron chi connectivity index (χ1n) is 10.3. The second-order valence-corrected chi connectivity index (χ2v) is 7.39. The monoisotopic (exact) mass is 394 g/mol. The van der Waals surface area contributed by atoms with E-state index in [4.69, 9.17) is 0 Å². The van der Waals surface area contributed by atoms with Crippen molar-refractivity contribution < 1.29 is 9.90 Å². The number of aliphatic imine (C=N–C) groups is 1. The highest BCUT2D eigenvalue weighted by Gasteiger charge is 2.29. The minimum Gasteiger partial charge on any atom is -0.508 e. The van der Waals surface area contributed by atoms with Gasteiger partial charge in [-0.2, -0.15) is 0 Å². The molecule has 29 heavy (non-hydrogen) atoms. The van der Waals surface area contributed by atoms with Crippen LogP contribution in [-0.2, 0) is 17.8 Å². The maximum absolute atomic E-state index is 12.3. The summed E-state index contributed by atoms with van der Waals surface area (Å²) in [6, 6.07) is 17.3. The number of nitrogens with zero attached hydrogens (tertiary/aromatic N) is 2. The van der Waals surface area contributed by atoms with E-state index in [1.54, 1.807) is 12.1 Å².